The van der Waals surface area contributed by atoms with E-state index in [0.717, 1.165) is 29.6 Å². The lowest BCUT2D eigenvalue weighted by molar-refractivity contribution is -0.120. The highest BCUT2D eigenvalue weighted by Gasteiger charge is 2.28. The Labute approximate surface area is 171 Å². The maximum absolute atomic E-state index is 12.8. The van der Waals surface area contributed by atoms with Gasteiger partial charge in [0.1, 0.15) is 5.75 Å². The van der Waals surface area contributed by atoms with Gasteiger partial charge in [0.25, 0.3) is 0 Å². The first-order valence-corrected chi connectivity index (χ1v) is 10.2. The number of methoxy groups -OCH3 is 1. The Kier molecular flexibility index (Phi) is 5.50. The Bertz CT molecular complexity index is 959. The number of benzene rings is 1. The molecular formula is C19H20ClN5O2S. The number of aromatic nitrogens is 3. The van der Waals surface area contributed by atoms with E-state index >= 15 is 0 Å². The molecule has 0 saturated carbocycles. The van der Waals surface area contributed by atoms with E-state index in [1.165, 1.54) is 11.3 Å². The Morgan fingerprint density at radius 1 is 1.29 bits per heavy atom. The number of halogens is 1. The fourth-order valence-corrected chi connectivity index (χ4v) is 4.36. The van der Waals surface area contributed by atoms with Gasteiger partial charge in [0.05, 0.1) is 18.1 Å². The first kappa shape index (κ1) is 18.8. The molecule has 1 fully saturated rings. The number of nitrogens with one attached hydrogen (secondary N) is 1. The summed E-state index contributed by atoms with van der Waals surface area (Å²) >= 11 is 7.67. The third-order valence-electron chi connectivity index (χ3n) is 4.71. The van der Waals surface area contributed by atoms with Gasteiger partial charge in [0.15, 0.2) is 0 Å². The van der Waals surface area contributed by atoms with Crippen molar-refractivity contribution >= 4 is 39.7 Å². The fraction of sp³-hybridized carbons (Fsp3) is 0.316. The van der Waals surface area contributed by atoms with Crippen LogP contribution in [0.2, 0.25) is 5.02 Å². The van der Waals surface area contributed by atoms with Crippen LogP contribution in [0.5, 0.6) is 5.75 Å². The molecule has 2 aromatic heterocycles. The highest BCUT2D eigenvalue weighted by molar-refractivity contribution is 7.17. The molecule has 1 saturated heterocycles. The number of carbonyl (C=O) groups excluding carboxylic acids is 1. The van der Waals surface area contributed by atoms with Gasteiger partial charge in [-0.15, -0.1) is 10.2 Å². The third-order valence-corrected chi connectivity index (χ3v) is 6.00. The summed E-state index contributed by atoms with van der Waals surface area (Å²) in [5.74, 6) is 0.452. The minimum Gasteiger partial charge on any atom is -0.495 e. The van der Waals surface area contributed by atoms with Crippen LogP contribution in [0.25, 0.3) is 5.13 Å². The quantitative estimate of drug-likeness (QED) is 0.682. The normalized spacial score (nSPS) is 16.8. The molecule has 4 rings (SSSR count). The summed E-state index contributed by atoms with van der Waals surface area (Å²) in [5.41, 5.74) is 0.665. The second-order valence-corrected chi connectivity index (χ2v) is 7.92. The van der Waals surface area contributed by atoms with E-state index in [0.29, 0.717) is 23.0 Å². The Hall–Kier alpha value is -2.58. The first-order chi connectivity index (χ1) is 13.6. The lowest BCUT2D eigenvalue weighted by Gasteiger charge is -2.31. The summed E-state index contributed by atoms with van der Waals surface area (Å²) in [5, 5.41) is 13.7. The molecular weight excluding hydrogens is 398 g/mol. The van der Waals surface area contributed by atoms with E-state index in [9.17, 15) is 4.79 Å². The minimum atomic E-state index is -0.117. The van der Waals surface area contributed by atoms with Crippen molar-refractivity contribution in [3.63, 3.8) is 0 Å². The molecule has 7 nitrogen and oxygen atoms in total. The van der Waals surface area contributed by atoms with Crippen LogP contribution in [0.15, 0.2) is 42.7 Å². The molecule has 0 aliphatic carbocycles. The van der Waals surface area contributed by atoms with Crippen molar-refractivity contribution in [2.75, 3.05) is 30.4 Å². The summed E-state index contributed by atoms with van der Waals surface area (Å²) < 4.78 is 7.08. The van der Waals surface area contributed by atoms with Crippen molar-refractivity contribution in [1.82, 2.24) is 14.8 Å². The molecule has 1 aliphatic rings. The molecule has 1 aromatic carbocycles. The smallest absolute Gasteiger partial charge is 0.229 e. The fourth-order valence-electron chi connectivity index (χ4n) is 3.26. The van der Waals surface area contributed by atoms with E-state index < -0.39 is 0 Å². The van der Waals surface area contributed by atoms with Gasteiger partial charge in [-0.3, -0.25) is 9.36 Å². The molecule has 0 radical (unpaired) electrons. The minimum absolute atomic E-state index is 0.0129. The molecule has 1 aliphatic heterocycles. The average Bonchev–Trinajstić information content (AvgIpc) is 3.40. The molecule has 0 bridgehead atoms. The zero-order valence-corrected chi connectivity index (χ0v) is 16.9. The van der Waals surface area contributed by atoms with Crippen molar-refractivity contribution in [1.29, 1.82) is 0 Å². The van der Waals surface area contributed by atoms with Crippen LogP contribution in [-0.2, 0) is 4.79 Å². The number of amides is 1. The first-order valence-electron chi connectivity index (χ1n) is 9.00. The van der Waals surface area contributed by atoms with Crippen molar-refractivity contribution in [3.05, 3.63) is 47.7 Å². The number of piperidine rings is 1. The van der Waals surface area contributed by atoms with Gasteiger partial charge < -0.3 is 15.0 Å². The van der Waals surface area contributed by atoms with E-state index in [1.54, 1.807) is 25.3 Å². The Balaban J connectivity index is 1.42. The van der Waals surface area contributed by atoms with Crippen molar-refractivity contribution < 1.29 is 9.53 Å². The van der Waals surface area contributed by atoms with Crippen LogP contribution in [-0.4, -0.2) is 40.9 Å². The number of carbonyl (C=O) groups is 1. The highest BCUT2D eigenvalue weighted by Crippen LogP contribution is 2.30. The summed E-state index contributed by atoms with van der Waals surface area (Å²) in [6, 6.07) is 9.14. The number of rotatable bonds is 5. The van der Waals surface area contributed by atoms with Gasteiger partial charge in [-0.05, 0) is 43.2 Å². The average molecular weight is 418 g/mol. The van der Waals surface area contributed by atoms with E-state index in [-0.39, 0.29) is 11.8 Å². The molecule has 3 heterocycles. The summed E-state index contributed by atoms with van der Waals surface area (Å²) in [7, 11) is 1.56. The van der Waals surface area contributed by atoms with Crippen LogP contribution in [0.1, 0.15) is 12.8 Å². The lowest BCUT2D eigenvalue weighted by Crippen LogP contribution is -2.40. The van der Waals surface area contributed by atoms with Gasteiger partial charge in [-0.25, -0.2) is 0 Å². The Morgan fingerprint density at radius 2 is 2.07 bits per heavy atom. The number of ether oxygens (including phenoxy) is 1. The SMILES string of the molecule is COc1ccc(NC(=O)[C@H]2CCCN(c3nnc(-n4cccc4)s3)C2)cc1Cl. The van der Waals surface area contributed by atoms with E-state index in [2.05, 4.69) is 20.4 Å². The predicted octanol–water partition coefficient (Wildman–Crippen LogP) is 3.85. The summed E-state index contributed by atoms with van der Waals surface area (Å²) in [6.07, 6.45) is 5.66. The molecule has 1 N–H and O–H groups in total. The second-order valence-electron chi connectivity index (χ2n) is 6.58. The zero-order chi connectivity index (χ0) is 19.5. The van der Waals surface area contributed by atoms with E-state index in [4.69, 9.17) is 16.3 Å². The largest absolute Gasteiger partial charge is 0.495 e. The summed E-state index contributed by atoms with van der Waals surface area (Å²) in [4.78, 5) is 14.9. The monoisotopic (exact) mass is 417 g/mol. The maximum atomic E-state index is 12.8. The standard InChI is InChI=1S/C19H20ClN5O2S/c1-27-16-7-6-14(11-15(16)20)21-17(26)13-5-4-10-25(12-13)19-23-22-18(28-19)24-8-2-3-9-24/h2-3,6-9,11,13H,4-5,10,12H2,1H3,(H,21,26)/t13-/m0/s1. The van der Waals surface area contributed by atoms with Crippen LogP contribution in [0.3, 0.4) is 0 Å². The molecule has 1 amide bonds. The van der Waals surface area contributed by atoms with Crippen LogP contribution in [0.4, 0.5) is 10.8 Å². The van der Waals surface area contributed by atoms with Gasteiger partial charge >= 0.3 is 0 Å². The zero-order valence-electron chi connectivity index (χ0n) is 15.3. The lowest BCUT2D eigenvalue weighted by atomic mass is 9.97. The van der Waals surface area contributed by atoms with Gasteiger partial charge in [0.2, 0.25) is 16.2 Å². The van der Waals surface area contributed by atoms with E-state index in [1.807, 2.05) is 29.1 Å². The van der Waals surface area contributed by atoms with Crippen LogP contribution in [0, 0.1) is 5.92 Å². The van der Waals surface area contributed by atoms with Gasteiger partial charge in [0, 0.05) is 31.2 Å². The summed E-state index contributed by atoms with van der Waals surface area (Å²) in [6.45, 7) is 1.49. The number of hydrogen-bond acceptors (Lipinski definition) is 6. The van der Waals surface area contributed by atoms with Crippen molar-refractivity contribution in [2.24, 2.45) is 5.92 Å². The molecule has 9 heteroatoms. The molecule has 3 aromatic rings. The topological polar surface area (TPSA) is 72.3 Å². The number of nitrogens with zero attached hydrogens (tertiary/aromatic N) is 4. The van der Waals surface area contributed by atoms with Gasteiger partial charge in [-0.1, -0.05) is 22.9 Å². The van der Waals surface area contributed by atoms with Crippen LogP contribution >= 0.6 is 22.9 Å². The molecule has 146 valence electrons. The highest BCUT2D eigenvalue weighted by atomic mass is 35.5. The third kappa shape index (κ3) is 3.98. The second kappa shape index (κ2) is 8.20. The van der Waals surface area contributed by atoms with Gasteiger partial charge in [-0.2, -0.15) is 0 Å². The predicted molar refractivity (Wildman–Crippen MR) is 111 cm³/mol. The molecule has 0 unspecified atom stereocenters. The molecule has 28 heavy (non-hydrogen) atoms. The van der Waals surface area contributed by atoms with Crippen molar-refractivity contribution in [3.8, 4) is 10.9 Å². The number of anilines is 2. The molecule has 1 atom stereocenters. The number of hydrogen-bond donors (Lipinski definition) is 1. The molecule has 0 spiro atoms. The Morgan fingerprint density at radius 3 is 2.82 bits per heavy atom. The van der Waals surface area contributed by atoms with Crippen molar-refractivity contribution in [2.45, 2.75) is 12.8 Å². The van der Waals surface area contributed by atoms with Crippen LogP contribution < -0.4 is 15.0 Å². The maximum Gasteiger partial charge on any atom is 0.229 e.